The fourth-order valence-electron chi connectivity index (χ4n) is 4.01. The van der Waals surface area contributed by atoms with E-state index in [1.54, 1.807) is 15.9 Å². The van der Waals surface area contributed by atoms with Crippen LogP contribution in [0.2, 0.25) is 0 Å². The van der Waals surface area contributed by atoms with E-state index in [0.29, 0.717) is 37.3 Å². The van der Waals surface area contributed by atoms with Crippen molar-refractivity contribution in [3.63, 3.8) is 0 Å². The number of aliphatic hydroxyl groups is 1. The SMILES string of the molecule is CC(C)(C)OC(=O)N1CCCC(Cc2[c-]cc(N3CC(=O)O[C@@H](CO)C3)cc2F)CC1.[U]. The first kappa shape index (κ1) is 27.0. The van der Waals surface area contributed by atoms with Crippen LogP contribution in [0.1, 0.15) is 45.6 Å². The molecule has 1 aromatic carbocycles. The molecule has 2 atom stereocenters. The maximum absolute atomic E-state index is 14.8. The first-order chi connectivity index (χ1) is 14.6. The van der Waals surface area contributed by atoms with Crippen LogP contribution in [0.25, 0.3) is 0 Å². The number of ether oxygens (including phenoxy) is 2. The van der Waals surface area contributed by atoms with Crippen LogP contribution in [-0.2, 0) is 20.7 Å². The summed E-state index contributed by atoms with van der Waals surface area (Å²) in [5, 5.41) is 9.27. The molecule has 2 heterocycles. The van der Waals surface area contributed by atoms with Gasteiger partial charge in [-0.15, -0.1) is 11.6 Å². The van der Waals surface area contributed by atoms with E-state index in [0.717, 1.165) is 19.3 Å². The Bertz CT molecular complexity index is 801. The van der Waals surface area contributed by atoms with Gasteiger partial charge in [-0.2, -0.15) is 12.1 Å². The maximum Gasteiger partial charge on any atom is 0.410 e. The van der Waals surface area contributed by atoms with Crippen molar-refractivity contribution in [2.75, 3.05) is 37.7 Å². The number of rotatable bonds is 4. The van der Waals surface area contributed by atoms with Crippen LogP contribution in [0.15, 0.2) is 12.1 Å². The van der Waals surface area contributed by atoms with E-state index in [1.807, 2.05) is 20.8 Å². The first-order valence-corrected chi connectivity index (χ1v) is 10.9. The van der Waals surface area contributed by atoms with Crippen LogP contribution in [0.3, 0.4) is 0 Å². The average Bonchev–Trinajstić information content (AvgIpc) is 2.93. The minimum absolute atomic E-state index is 0. The summed E-state index contributed by atoms with van der Waals surface area (Å²) < 4.78 is 25.3. The van der Waals surface area contributed by atoms with Crippen LogP contribution in [-0.4, -0.2) is 66.6 Å². The average molecular weight is 674 g/mol. The number of cyclic esters (lactones) is 1. The number of likely N-dealkylation sites (tertiary alicyclic amines) is 1. The van der Waals surface area contributed by atoms with Crippen LogP contribution in [0.4, 0.5) is 14.9 Å². The van der Waals surface area contributed by atoms with Gasteiger partial charge in [0.05, 0.1) is 6.61 Å². The van der Waals surface area contributed by atoms with Crippen molar-refractivity contribution in [3.05, 3.63) is 29.6 Å². The van der Waals surface area contributed by atoms with Crippen molar-refractivity contribution < 1.29 is 59.7 Å². The molecule has 7 nitrogen and oxygen atoms in total. The molecule has 1 unspecified atom stereocenters. The fourth-order valence-corrected chi connectivity index (χ4v) is 4.01. The molecule has 176 valence electrons. The van der Waals surface area contributed by atoms with E-state index >= 15 is 0 Å². The Labute approximate surface area is 213 Å². The van der Waals surface area contributed by atoms with Gasteiger partial charge in [0.15, 0.2) is 0 Å². The maximum atomic E-state index is 14.8. The Balaban J connectivity index is 0.00000363. The third kappa shape index (κ3) is 7.64. The third-order valence-corrected chi connectivity index (χ3v) is 5.56. The Morgan fingerprint density at radius 1 is 1.34 bits per heavy atom. The molecule has 0 spiro atoms. The normalized spacial score (nSPS) is 22.0. The van der Waals surface area contributed by atoms with Crippen molar-refractivity contribution >= 4 is 17.7 Å². The second-order valence-corrected chi connectivity index (χ2v) is 9.33. The summed E-state index contributed by atoms with van der Waals surface area (Å²) in [6, 6.07) is 6.16. The molecule has 9 heteroatoms. The van der Waals surface area contributed by atoms with Crippen molar-refractivity contribution in [2.45, 2.75) is 58.2 Å². The second kappa shape index (κ2) is 11.7. The molecule has 2 aliphatic rings. The van der Waals surface area contributed by atoms with E-state index < -0.39 is 17.7 Å². The largest absolute Gasteiger partial charge is 0.457 e. The summed E-state index contributed by atoms with van der Waals surface area (Å²) in [5.41, 5.74) is 0.538. The van der Waals surface area contributed by atoms with Crippen LogP contribution in [0, 0.1) is 48.9 Å². The molecule has 0 radical (unpaired) electrons. The Kier molecular flexibility index (Phi) is 9.87. The zero-order valence-electron chi connectivity index (χ0n) is 19.0. The van der Waals surface area contributed by atoms with E-state index in [9.17, 15) is 19.1 Å². The van der Waals surface area contributed by atoms with Gasteiger partial charge in [0, 0.05) is 56.6 Å². The predicted molar refractivity (Wildman–Crippen MR) is 113 cm³/mol. The summed E-state index contributed by atoms with van der Waals surface area (Å²) in [5.74, 6) is -0.541. The summed E-state index contributed by atoms with van der Waals surface area (Å²) in [6.07, 6.45) is 2.19. The first-order valence-electron chi connectivity index (χ1n) is 10.9. The number of carbonyl (C=O) groups is 2. The number of esters is 1. The van der Waals surface area contributed by atoms with Gasteiger partial charge >= 0.3 is 12.1 Å². The van der Waals surface area contributed by atoms with Crippen LogP contribution < -0.4 is 4.90 Å². The van der Waals surface area contributed by atoms with Crippen molar-refractivity contribution in [1.29, 1.82) is 0 Å². The molecule has 0 saturated carbocycles. The molecule has 2 saturated heterocycles. The smallest absolute Gasteiger partial charge is 0.410 e. The van der Waals surface area contributed by atoms with Crippen molar-refractivity contribution in [2.24, 2.45) is 5.92 Å². The number of hydrogen-bond donors (Lipinski definition) is 1. The monoisotopic (exact) mass is 673 g/mol. The van der Waals surface area contributed by atoms with Gasteiger partial charge in [-0.25, -0.2) is 4.79 Å². The Morgan fingerprint density at radius 3 is 2.75 bits per heavy atom. The summed E-state index contributed by atoms with van der Waals surface area (Å²) in [4.78, 5) is 27.5. The van der Waals surface area contributed by atoms with Crippen molar-refractivity contribution in [1.82, 2.24) is 4.90 Å². The van der Waals surface area contributed by atoms with Crippen molar-refractivity contribution in [3.8, 4) is 0 Å². The fraction of sp³-hybridized carbons (Fsp3) is 0.652. The summed E-state index contributed by atoms with van der Waals surface area (Å²) >= 11 is 0. The number of hydrogen-bond acceptors (Lipinski definition) is 6. The molecule has 3 rings (SSSR count). The standard InChI is InChI=1S/C23H32FN2O5.U/c1-23(2,3)31-22(29)25-9-4-5-16(8-10-25)11-17-6-7-18(12-20(17)24)26-13-19(15-27)30-21(28)14-26;/h7,12,16,19,27H,4-5,8-11,13-15H2,1-3H3;/q-1;/t16?,19-;/m1./s1. The number of nitrogens with zero attached hydrogens (tertiary/aromatic N) is 2. The topological polar surface area (TPSA) is 79.3 Å². The molecule has 32 heavy (non-hydrogen) atoms. The van der Waals surface area contributed by atoms with E-state index in [1.165, 1.54) is 6.07 Å². The van der Waals surface area contributed by atoms with Gasteiger partial charge in [-0.1, -0.05) is 5.69 Å². The molecule has 0 aromatic heterocycles. The van der Waals surface area contributed by atoms with Crippen LogP contribution in [0.5, 0.6) is 0 Å². The number of aliphatic hydroxyl groups excluding tert-OH is 1. The minimum Gasteiger partial charge on any atom is -0.457 e. The van der Waals surface area contributed by atoms with Gasteiger partial charge in [0.2, 0.25) is 0 Å². The number of benzene rings is 1. The van der Waals surface area contributed by atoms with Crippen LogP contribution >= 0.6 is 0 Å². The number of morpholine rings is 1. The number of carbonyl (C=O) groups excluding carboxylic acids is 2. The molecule has 1 N–H and O–H groups in total. The molecule has 0 aliphatic carbocycles. The quantitative estimate of drug-likeness (QED) is 0.392. The number of halogens is 1. The molecule has 2 aliphatic heterocycles. The van der Waals surface area contributed by atoms with Gasteiger partial charge < -0.3 is 24.4 Å². The van der Waals surface area contributed by atoms with Gasteiger partial charge in [0.25, 0.3) is 0 Å². The second-order valence-electron chi connectivity index (χ2n) is 9.33. The van der Waals surface area contributed by atoms with Gasteiger partial charge in [-0.3, -0.25) is 9.18 Å². The molecule has 1 aromatic rings. The Morgan fingerprint density at radius 2 is 2.09 bits per heavy atom. The molecule has 0 bridgehead atoms. The Hall–Kier alpha value is -1.30. The molecular weight excluding hydrogens is 641 g/mol. The van der Waals surface area contributed by atoms with E-state index in [-0.39, 0.29) is 62.1 Å². The molecular formula is C23H32FN2O5U-. The summed E-state index contributed by atoms with van der Waals surface area (Å²) in [6.45, 7) is 6.86. The predicted octanol–water partition coefficient (Wildman–Crippen LogP) is 2.93. The zero-order chi connectivity index (χ0) is 22.6. The van der Waals surface area contributed by atoms with Gasteiger partial charge in [-0.05, 0) is 52.4 Å². The van der Waals surface area contributed by atoms with E-state index in [2.05, 4.69) is 6.07 Å². The minimum atomic E-state index is -0.608. The molecule has 1 amide bonds. The number of amides is 1. The zero-order valence-corrected chi connectivity index (χ0v) is 23.2. The third-order valence-electron chi connectivity index (χ3n) is 5.56. The van der Waals surface area contributed by atoms with Gasteiger partial charge in [0.1, 0.15) is 18.2 Å². The number of anilines is 1. The summed E-state index contributed by atoms with van der Waals surface area (Å²) in [7, 11) is 0. The van der Waals surface area contributed by atoms with E-state index in [4.69, 9.17) is 9.47 Å². The molecule has 2 fully saturated rings.